The topological polar surface area (TPSA) is 102 Å². The Morgan fingerprint density at radius 1 is 0.635 bits per heavy atom. The molecular weight excluding hydrogens is 756 g/mol. The highest BCUT2D eigenvalue weighted by atomic mass is 35.5. The van der Waals surface area contributed by atoms with E-state index in [0.717, 1.165) is 22.5 Å². The van der Waals surface area contributed by atoms with Gasteiger partial charge < -0.3 is 20.1 Å². The fourth-order valence-corrected chi connectivity index (χ4v) is 8.55. The maximum atomic E-state index is 14.3. The lowest BCUT2D eigenvalue weighted by Gasteiger charge is -2.29. The van der Waals surface area contributed by atoms with Crippen molar-refractivity contribution in [3.05, 3.63) is 116 Å². The van der Waals surface area contributed by atoms with Crippen LogP contribution in [0, 0.1) is 25.7 Å². The number of rotatable bonds is 6. The molecule has 52 heavy (non-hydrogen) atoms. The van der Waals surface area contributed by atoms with Crippen LogP contribution in [0.3, 0.4) is 0 Å². The first-order valence-electron chi connectivity index (χ1n) is 16.8. The third-order valence-corrected chi connectivity index (χ3v) is 11.6. The molecule has 2 aromatic carbocycles. The van der Waals surface area contributed by atoms with Crippen LogP contribution in [0.15, 0.2) is 73.1 Å². The first kappa shape index (κ1) is 37.0. The third kappa shape index (κ3) is 7.39. The van der Waals surface area contributed by atoms with Crippen LogP contribution in [0.1, 0.15) is 47.2 Å². The molecule has 4 aromatic rings. The van der Waals surface area contributed by atoms with Crippen molar-refractivity contribution in [3.8, 4) is 0 Å². The second-order valence-corrected chi connectivity index (χ2v) is 15.2. The molecule has 272 valence electrons. The molecule has 2 amide bonds. The SMILES string of the molecule is Cc1cc([C@@H]2[C@@H]3O[C@@H](C[C@@H]3F)[C@H]2C(=O)Nc2ccc(Cl)c(Cl)c2)ccn1.Cc1cc([C@H]2[C@H]3O[C@H](C[C@H]3F)[C@@H]2C(=O)Nc2ccc(Cl)c(Cl)c2)ccn1. The number of nitrogens with zero attached hydrogens (tertiary/aromatic N) is 2. The maximum Gasteiger partial charge on any atom is 0.230 e. The van der Waals surface area contributed by atoms with Crippen molar-refractivity contribution < 1.29 is 27.8 Å². The number of amides is 2. The van der Waals surface area contributed by atoms with E-state index in [0.29, 0.717) is 31.5 Å². The average molecular weight is 791 g/mol. The van der Waals surface area contributed by atoms with Gasteiger partial charge in [0.05, 0.1) is 56.3 Å². The van der Waals surface area contributed by atoms with Gasteiger partial charge in [0, 0.05) is 59.8 Å². The number of nitrogens with one attached hydrogen (secondary N) is 2. The Hall–Kier alpha value is -3.38. The molecule has 0 saturated carbocycles. The van der Waals surface area contributed by atoms with Gasteiger partial charge >= 0.3 is 0 Å². The highest BCUT2D eigenvalue weighted by molar-refractivity contribution is 6.42. The van der Waals surface area contributed by atoms with E-state index in [4.69, 9.17) is 55.9 Å². The zero-order valence-electron chi connectivity index (χ0n) is 27.9. The van der Waals surface area contributed by atoms with Crippen molar-refractivity contribution >= 4 is 69.6 Å². The molecule has 4 aliphatic rings. The zero-order chi connectivity index (χ0) is 36.8. The summed E-state index contributed by atoms with van der Waals surface area (Å²) < 4.78 is 40.2. The lowest BCUT2D eigenvalue weighted by atomic mass is 9.74. The number of ether oxygens (including phenoxy) is 2. The number of benzene rings is 2. The molecule has 0 aliphatic carbocycles. The Balaban J connectivity index is 0.000000162. The number of hydrogen-bond acceptors (Lipinski definition) is 6. The lowest BCUT2D eigenvalue weighted by Crippen LogP contribution is -2.39. The molecule has 2 N–H and O–H groups in total. The van der Waals surface area contributed by atoms with Crippen LogP contribution in [-0.4, -0.2) is 58.5 Å². The molecule has 0 unspecified atom stereocenters. The van der Waals surface area contributed by atoms with E-state index in [1.165, 1.54) is 0 Å². The van der Waals surface area contributed by atoms with Gasteiger partial charge in [-0.25, -0.2) is 8.78 Å². The van der Waals surface area contributed by atoms with Crippen molar-refractivity contribution in [2.24, 2.45) is 11.8 Å². The summed E-state index contributed by atoms with van der Waals surface area (Å²) in [6.07, 6.45) is -0.365. The Morgan fingerprint density at radius 2 is 1.04 bits per heavy atom. The summed E-state index contributed by atoms with van der Waals surface area (Å²) in [5, 5.41) is 7.28. The smallest absolute Gasteiger partial charge is 0.230 e. The fourth-order valence-electron chi connectivity index (χ4n) is 7.96. The van der Waals surface area contributed by atoms with Crippen molar-refractivity contribution in [1.82, 2.24) is 9.97 Å². The number of aryl methyl sites for hydroxylation is 2. The summed E-state index contributed by atoms with van der Waals surface area (Å²) in [5.41, 5.74) is 4.50. The third-order valence-electron chi connectivity index (χ3n) is 10.2. The molecule has 14 heteroatoms. The van der Waals surface area contributed by atoms with Gasteiger partial charge in [0.15, 0.2) is 0 Å². The summed E-state index contributed by atoms with van der Waals surface area (Å²) in [4.78, 5) is 34.3. The molecule has 0 spiro atoms. The molecular formula is C38H34Cl4F2N4O4. The first-order chi connectivity index (χ1) is 24.9. The van der Waals surface area contributed by atoms with Gasteiger partial charge in [-0.2, -0.15) is 0 Å². The van der Waals surface area contributed by atoms with Gasteiger partial charge in [-0.05, 0) is 85.6 Å². The molecule has 10 atom stereocenters. The van der Waals surface area contributed by atoms with Crippen molar-refractivity contribution in [3.63, 3.8) is 0 Å². The Labute approximate surface area is 319 Å². The molecule has 4 fully saturated rings. The van der Waals surface area contributed by atoms with E-state index < -0.39 is 48.6 Å². The van der Waals surface area contributed by atoms with Crippen LogP contribution < -0.4 is 10.6 Å². The normalized spacial score (nSPS) is 29.8. The number of alkyl halides is 2. The lowest BCUT2D eigenvalue weighted by molar-refractivity contribution is -0.122. The molecule has 6 heterocycles. The molecule has 4 bridgehead atoms. The van der Waals surface area contributed by atoms with Crippen LogP contribution in [0.5, 0.6) is 0 Å². The second kappa shape index (κ2) is 15.2. The number of pyridine rings is 2. The minimum atomic E-state index is -1.06. The highest BCUT2D eigenvalue weighted by Crippen LogP contribution is 2.51. The number of anilines is 2. The van der Waals surface area contributed by atoms with Crippen molar-refractivity contribution in [2.45, 2.75) is 75.3 Å². The van der Waals surface area contributed by atoms with E-state index in [1.54, 1.807) is 48.8 Å². The van der Waals surface area contributed by atoms with Gasteiger partial charge in [-0.15, -0.1) is 0 Å². The number of fused-ring (bicyclic) bond motifs is 4. The van der Waals surface area contributed by atoms with Crippen LogP contribution in [0.4, 0.5) is 20.2 Å². The number of aromatic nitrogens is 2. The largest absolute Gasteiger partial charge is 0.370 e. The number of hydrogen-bond donors (Lipinski definition) is 2. The van der Waals surface area contributed by atoms with E-state index in [1.807, 2.05) is 38.1 Å². The summed E-state index contributed by atoms with van der Waals surface area (Å²) in [6, 6.07) is 17.2. The van der Waals surface area contributed by atoms with Crippen LogP contribution in [0.25, 0.3) is 0 Å². The summed E-state index contributed by atoms with van der Waals surface area (Å²) in [5.74, 6) is -2.03. The van der Waals surface area contributed by atoms with E-state index in [-0.39, 0.29) is 36.5 Å². The molecule has 8 rings (SSSR count). The van der Waals surface area contributed by atoms with Gasteiger partial charge in [0.25, 0.3) is 0 Å². The summed E-state index contributed by atoms with van der Waals surface area (Å²) in [7, 11) is 0. The maximum absolute atomic E-state index is 14.3. The Kier molecular flexibility index (Phi) is 10.8. The molecule has 8 nitrogen and oxygen atoms in total. The molecule has 4 saturated heterocycles. The van der Waals surface area contributed by atoms with Crippen LogP contribution >= 0.6 is 46.4 Å². The van der Waals surface area contributed by atoms with Gasteiger partial charge in [0.2, 0.25) is 11.8 Å². The van der Waals surface area contributed by atoms with Gasteiger partial charge in [-0.3, -0.25) is 19.6 Å². The fraction of sp³-hybridized carbons (Fsp3) is 0.368. The monoisotopic (exact) mass is 788 g/mol. The summed E-state index contributed by atoms with van der Waals surface area (Å²) in [6.45, 7) is 3.74. The van der Waals surface area contributed by atoms with Crippen LogP contribution in [-0.2, 0) is 19.1 Å². The molecule has 0 radical (unpaired) electrons. The van der Waals surface area contributed by atoms with Crippen molar-refractivity contribution in [2.75, 3.05) is 10.6 Å². The Morgan fingerprint density at radius 3 is 1.40 bits per heavy atom. The van der Waals surface area contributed by atoms with Crippen LogP contribution in [0.2, 0.25) is 20.1 Å². The van der Waals surface area contributed by atoms with E-state index in [2.05, 4.69) is 20.6 Å². The minimum Gasteiger partial charge on any atom is -0.370 e. The standard InChI is InChI=1S/2C19H17Cl2FN2O2/c2*1-9-6-10(4-5-23-9)16-17(15-8-14(22)18(16)26-15)19(25)24-11-2-3-12(20)13(21)7-11/h2*2-7,14-18H,8H2,1H3,(H,24,25)/t2*14-,15-,16-,17+,18+/m10/s1. The van der Waals surface area contributed by atoms with Gasteiger partial charge in [-0.1, -0.05) is 46.4 Å². The highest BCUT2D eigenvalue weighted by Gasteiger charge is 2.59. The first-order valence-corrected chi connectivity index (χ1v) is 18.3. The van der Waals surface area contributed by atoms with Gasteiger partial charge in [0.1, 0.15) is 12.3 Å². The second-order valence-electron chi connectivity index (χ2n) is 13.6. The molecule has 4 aliphatic heterocycles. The number of carbonyl (C=O) groups excluding carboxylic acids is 2. The van der Waals surface area contributed by atoms with E-state index in [9.17, 15) is 18.4 Å². The number of halogens is 6. The predicted octanol–water partition coefficient (Wildman–Crippen LogP) is 9.09. The summed E-state index contributed by atoms with van der Waals surface area (Å²) >= 11 is 23.9. The predicted molar refractivity (Wildman–Crippen MR) is 197 cm³/mol. The quantitative estimate of drug-likeness (QED) is 0.202. The van der Waals surface area contributed by atoms with Crippen molar-refractivity contribution in [1.29, 1.82) is 0 Å². The molecule has 2 aromatic heterocycles. The zero-order valence-corrected chi connectivity index (χ0v) is 30.9. The van der Waals surface area contributed by atoms with E-state index >= 15 is 0 Å². The average Bonchev–Trinajstić information content (AvgIpc) is 3.87. The number of carbonyl (C=O) groups is 2. The Bertz CT molecular complexity index is 1870. The minimum absolute atomic E-state index is 0.206.